The van der Waals surface area contributed by atoms with Gasteiger partial charge in [0.15, 0.2) is 0 Å². The molecule has 0 N–H and O–H groups in total. The summed E-state index contributed by atoms with van der Waals surface area (Å²) in [6, 6.07) is 0. The van der Waals surface area contributed by atoms with Gasteiger partial charge in [0.1, 0.15) is 0 Å². The summed E-state index contributed by atoms with van der Waals surface area (Å²) >= 11 is 0. The van der Waals surface area contributed by atoms with Crippen LogP contribution in [-0.4, -0.2) is 68.8 Å². The van der Waals surface area contributed by atoms with E-state index in [1.807, 2.05) is 0 Å². The Hall–Kier alpha value is -0.170. The Morgan fingerprint density at radius 2 is 2.05 bits per heavy atom. The van der Waals surface area contributed by atoms with Crippen LogP contribution in [0.5, 0.6) is 0 Å². The van der Waals surface area contributed by atoms with Crippen molar-refractivity contribution in [2.75, 3.05) is 45.9 Å². The van der Waals surface area contributed by atoms with Crippen LogP contribution in [0.15, 0.2) is 0 Å². The number of likely N-dealkylation sites (N-methyl/N-ethyl adjacent to an activating group) is 1. The van der Waals surface area contributed by atoms with Crippen LogP contribution in [0.25, 0.3) is 0 Å². The van der Waals surface area contributed by atoms with Gasteiger partial charge in [0.25, 0.3) is 0 Å². The van der Waals surface area contributed by atoms with Crippen molar-refractivity contribution in [3.63, 3.8) is 0 Å². The highest BCUT2D eigenvalue weighted by Crippen LogP contribution is 2.38. The molecule has 0 aromatic heterocycles. The molecule has 2 heterocycles. The molecule has 0 unspecified atom stereocenters. The van der Waals surface area contributed by atoms with Gasteiger partial charge in [-0.2, -0.15) is 0 Å². The first-order valence-electron chi connectivity index (χ1n) is 7.85. The molecule has 0 amide bonds. The maximum Gasteiger partial charge on any atom is 0.217 e. The van der Waals surface area contributed by atoms with Crippen molar-refractivity contribution in [2.45, 2.75) is 37.9 Å². The Balaban J connectivity index is 1.75. The first kappa shape index (κ1) is 14.8. The van der Waals surface area contributed by atoms with Gasteiger partial charge in [-0.15, -0.1) is 0 Å². The Labute approximate surface area is 122 Å². The first-order valence-corrected chi connectivity index (χ1v) is 9.35. The molecular formula is C14H26N2O3S. The highest BCUT2D eigenvalue weighted by molar-refractivity contribution is 7.90. The van der Waals surface area contributed by atoms with Crippen molar-refractivity contribution < 1.29 is 13.2 Å². The zero-order valence-corrected chi connectivity index (χ0v) is 13.2. The van der Waals surface area contributed by atoms with Crippen molar-refractivity contribution >= 4 is 10.0 Å². The molecule has 5 nitrogen and oxygen atoms in total. The van der Waals surface area contributed by atoms with Crippen LogP contribution in [0.3, 0.4) is 0 Å². The molecule has 1 aliphatic carbocycles. The third-order valence-electron chi connectivity index (χ3n) is 4.90. The zero-order valence-electron chi connectivity index (χ0n) is 12.4. The topological polar surface area (TPSA) is 49.9 Å². The summed E-state index contributed by atoms with van der Waals surface area (Å²) in [5.41, 5.74) is 0.00667. The van der Waals surface area contributed by atoms with Gasteiger partial charge in [-0.1, -0.05) is 6.92 Å². The van der Waals surface area contributed by atoms with E-state index in [0.717, 1.165) is 51.9 Å². The van der Waals surface area contributed by atoms with Crippen molar-refractivity contribution in [3.8, 4) is 0 Å². The van der Waals surface area contributed by atoms with E-state index in [2.05, 4.69) is 11.8 Å². The highest BCUT2D eigenvalue weighted by atomic mass is 32.2. The predicted octanol–water partition coefficient (Wildman–Crippen LogP) is 0.913. The quantitative estimate of drug-likeness (QED) is 0.778. The van der Waals surface area contributed by atoms with E-state index in [1.54, 1.807) is 4.31 Å². The molecule has 116 valence electrons. The lowest BCUT2D eigenvalue weighted by atomic mass is 9.81. The van der Waals surface area contributed by atoms with E-state index >= 15 is 0 Å². The molecule has 2 aliphatic heterocycles. The lowest BCUT2D eigenvalue weighted by Gasteiger charge is -2.43. The standard InChI is InChI=1S/C14H26N2O3S/c1-2-15-8-9-19-12-14(10-15)6-3-7-16(11-14)20(17,18)13-4-5-13/h13H,2-12H2,1H3/t14-/m1/s1. The monoisotopic (exact) mass is 302 g/mol. The Morgan fingerprint density at radius 1 is 1.25 bits per heavy atom. The van der Waals surface area contributed by atoms with Gasteiger partial charge in [-0.25, -0.2) is 12.7 Å². The molecule has 3 aliphatic rings. The molecule has 1 spiro atoms. The highest BCUT2D eigenvalue weighted by Gasteiger charge is 2.46. The normalized spacial score (nSPS) is 34.2. The van der Waals surface area contributed by atoms with Crippen LogP contribution >= 0.6 is 0 Å². The van der Waals surface area contributed by atoms with Gasteiger partial charge in [-0.3, -0.25) is 0 Å². The smallest absolute Gasteiger partial charge is 0.217 e. The number of rotatable bonds is 3. The Bertz CT molecular complexity index is 449. The molecule has 1 atom stereocenters. The fraction of sp³-hybridized carbons (Fsp3) is 1.00. The molecule has 0 aromatic carbocycles. The number of nitrogens with zero attached hydrogens (tertiary/aromatic N) is 2. The van der Waals surface area contributed by atoms with Crippen LogP contribution in [0.2, 0.25) is 0 Å². The van der Waals surface area contributed by atoms with Gasteiger partial charge in [-0.05, 0) is 32.2 Å². The molecular weight excluding hydrogens is 276 g/mol. The number of hydrogen-bond acceptors (Lipinski definition) is 4. The summed E-state index contributed by atoms with van der Waals surface area (Å²) in [7, 11) is -3.04. The van der Waals surface area contributed by atoms with E-state index in [-0.39, 0.29) is 10.7 Å². The van der Waals surface area contributed by atoms with Gasteiger partial charge in [0.2, 0.25) is 10.0 Å². The molecule has 0 aromatic rings. The van der Waals surface area contributed by atoms with E-state index in [9.17, 15) is 8.42 Å². The second-order valence-electron chi connectivity index (χ2n) is 6.60. The molecule has 2 saturated heterocycles. The predicted molar refractivity (Wildman–Crippen MR) is 78.1 cm³/mol. The molecule has 0 bridgehead atoms. The molecule has 1 saturated carbocycles. The number of hydrogen-bond donors (Lipinski definition) is 0. The average molecular weight is 302 g/mol. The van der Waals surface area contributed by atoms with Crippen molar-refractivity contribution in [1.29, 1.82) is 0 Å². The number of sulfonamides is 1. The average Bonchev–Trinajstić information content (AvgIpc) is 3.26. The van der Waals surface area contributed by atoms with Gasteiger partial charge < -0.3 is 9.64 Å². The van der Waals surface area contributed by atoms with E-state index in [1.165, 1.54) is 0 Å². The van der Waals surface area contributed by atoms with E-state index < -0.39 is 10.0 Å². The third kappa shape index (κ3) is 2.89. The zero-order chi connectivity index (χ0) is 14.2. The van der Waals surface area contributed by atoms with Crippen molar-refractivity contribution in [1.82, 2.24) is 9.21 Å². The SMILES string of the molecule is CCN1CCOC[C@]2(CCCN(S(=O)(=O)C3CC3)C2)C1. The van der Waals surface area contributed by atoms with Crippen LogP contribution in [0.1, 0.15) is 32.6 Å². The minimum Gasteiger partial charge on any atom is -0.379 e. The maximum absolute atomic E-state index is 12.5. The van der Waals surface area contributed by atoms with Crippen LogP contribution < -0.4 is 0 Å². The van der Waals surface area contributed by atoms with Crippen LogP contribution in [0, 0.1) is 5.41 Å². The van der Waals surface area contributed by atoms with E-state index in [0.29, 0.717) is 19.7 Å². The van der Waals surface area contributed by atoms with Gasteiger partial charge in [0, 0.05) is 31.6 Å². The van der Waals surface area contributed by atoms with Gasteiger partial charge in [0.05, 0.1) is 18.5 Å². The number of ether oxygens (including phenoxy) is 1. The Morgan fingerprint density at radius 3 is 2.75 bits per heavy atom. The molecule has 3 rings (SSSR count). The fourth-order valence-electron chi connectivity index (χ4n) is 3.55. The summed E-state index contributed by atoms with van der Waals surface area (Å²) in [5.74, 6) is 0. The van der Waals surface area contributed by atoms with E-state index in [4.69, 9.17) is 4.74 Å². The minimum atomic E-state index is -3.04. The van der Waals surface area contributed by atoms with Crippen molar-refractivity contribution in [3.05, 3.63) is 0 Å². The summed E-state index contributed by atoms with van der Waals surface area (Å²) in [6.45, 7) is 7.95. The van der Waals surface area contributed by atoms with Crippen LogP contribution in [0.4, 0.5) is 0 Å². The van der Waals surface area contributed by atoms with Crippen LogP contribution in [-0.2, 0) is 14.8 Å². The second kappa shape index (κ2) is 5.55. The van der Waals surface area contributed by atoms with Gasteiger partial charge >= 0.3 is 0 Å². The molecule has 6 heteroatoms. The van der Waals surface area contributed by atoms with Crippen molar-refractivity contribution in [2.24, 2.45) is 5.41 Å². The Kier molecular flexibility index (Phi) is 4.10. The first-order chi connectivity index (χ1) is 9.56. The third-order valence-corrected chi connectivity index (χ3v) is 7.24. The maximum atomic E-state index is 12.5. The minimum absolute atomic E-state index is 0.00667. The lowest BCUT2D eigenvalue weighted by Crippen LogP contribution is -2.52. The lowest BCUT2D eigenvalue weighted by molar-refractivity contribution is 0.0289. The number of piperidine rings is 1. The largest absolute Gasteiger partial charge is 0.379 e. The summed E-state index contributed by atoms with van der Waals surface area (Å²) in [6.07, 6.45) is 3.75. The summed E-state index contributed by atoms with van der Waals surface area (Å²) in [4.78, 5) is 2.40. The molecule has 0 radical (unpaired) electrons. The second-order valence-corrected chi connectivity index (χ2v) is 8.82. The molecule has 3 fully saturated rings. The summed E-state index contributed by atoms with van der Waals surface area (Å²) < 4.78 is 32.5. The fourth-order valence-corrected chi connectivity index (χ4v) is 5.55. The molecule has 20 heavy (non-hydrogen) atoms. The summed E-state index contributed by atoms with van der Waals surface area (Å²) in [5, 5.41) is -0.0911.